The summed E-state index contributed by atoms with van der Waals surface area (Å²) in [5.74, 6) is 1.03. The lowest BCUT2D eigenvalue weighted by molar-refractivity contribution is 0.863. The number of hydrogen-bond donors (Lipinski definition) is 1. The molecule has 1 heterocycles. The predicted octanol–water partition coefficient (Wildman–Crippen LogP) is 2.78. The second kappa shape index (κ2) is 5.05. The Morgan fingerprint density at radius 1 is 0.944 bits per heavy atom. The van der Waals surface area contributed by atoms with Crippen molar-refractivity contribution in [3.05, 3.63) is 71.3 Å². The lowest BCUT2D eigenvalue weighted by Gasteiger charge is -2.18. The van der Waals surface area contributed by atoms with Crippen molar-refractivity contribution < 1.29 is 0 Å². The lowest BCUT2D eigenvalue weighted by Crippen LogP contribution is -2.28. The Bertz CT molecular complexity index is 558. The number of rotatable bonds is 2. The van der Waals surface area contributed by atoms with Gasteiger partial charge in [-0.15, -0.1) is 0 Å². The number of nitrogens with zero attached hydrogens (tertiary/aromatic N) is 1. The molecule has 0 saturated heterocycles. The van der Waals surface area contributed by atoms with Crippen LogP contribution in [0.1, 0.15) is 16.7 Å². The Morgan fingerprint density at radius 3 is 2.61 bits per heavy atom. The quantitative estimate of drug-likeness (QED) is 0.852. The molecule has 90 valence electrons. The van der Waals surface area contributed by atoms with Crippen molar-refractivity contribution >= 4 is 5.84 Å². The van der Waals surface area contributed by atoms with Crippen LogP contribution in [0.4, 0.5) is 0 Å². The monoisotopic (exact) mass is 236 g/mol. The molecule has 0 spiro atoms. The van der Waals surface area contributed by atoms with E-state index in [4.69, 9.17) is 0 Å². The zero-order valence-corrected chi connectivity index (χ0v) is 10.3. The molecule has 0 bridgehead atoms. The average Bonchev–Trinajstić information content (AvgIpc) is 2.46. The first-order valence-corrected chi connectivity index (χ1v) is 6.34. The summed E-state index contributed by atoms with van der Waals surface area (Å²) in [5.41, 5.74) is 3.92. The third-order valence-electron chi connectivity index (χ3n) is 3.23. The molecule has 18 heavy (non-hydrogen) atoms. The van der Waals surface area contributed by atoms with Crippen LogP contribution in [-0.4, -0.2) is 12.4 Å². The second-order valence-electron chi connectivity index (χ2n) is 4.48. The Labute approximate surface area is 107 Å². The van der Waals surface area contributed by atoms with Crippen LogP contribution < -0.4 is 5.32 Å². The summed E-state index contributed by atoms with van der Waals surface area (Å²) < 4.78 is 0. The molecule has 0 fully saturated rings. The highest BCUT2D eigenvalue weighted by molar-refractivity contribution is 6.00. The van der Waals surface area contributed by atoms with Crippen molar-refractivity contribution in [2.24, 2.45) is 4.99 Å². The van der Waals surface area contributed by atoms with Crippen molar-refractivity contribution in [2.45, 2.75) is 13.0 Å². The Hall–Kier alpha value is -2.09. The Morgan fingerprint density at radius 2 is 1.72 bits per heavy atom. The van der Waals surface area contributed by atoms with Crippen LogP contribution in [0.25, 0.3) is 0 Å². The van der Waals surface area contributed by atoms with E-state index in [1.54, 1.807) is 0 Å². The summed E-state index contributed by atoms with van der Waals surface area (Å²) in [4.78, 5) is 4.59. The van der Waals surface area contributed by atoms with E-state index in [0.717, 1.165) is 25.3 Å². The normalized spacial score (nSPS) is 13.7. The van der Waals surface area contributed by atoms with Crippen LogP contribution in [0.5, 0.6) is 0 Å². The molecular weight excluding hydrogens is 220 g/mol. The van der Waals surface area contributed by atoms with Crippen LogP contribution in [-0.2, 0) is 13.0 Å². The molecule has 1 aliphatic heterocycles. The van der Waals surface area contributed by atoms with Gasteiger partial charge in [0.15, 0.2) is 0 Å². The molecule has 0 unspecified atom stereocenters. The molecule has 2 aromatic rings. The zero-order valence-electron chi connectivity index (χ0n) is 10.3. The van der Waals surface area contributed by atoms with Gasteiger partial charge in [-0.05, 0) is 17.5 Å². The van der Waals surface area contributed by atoms with E-state index in [0.29, 0.717) is 0 Å². The molecule has 3 rings (SSSR count). The molecule has 0 aliphatic carbocycles. The van der Waals surface area contributed by atoms with Crippen LogP contribution in [0.3, 0.4) is 0 Å². The Kier molecular flexibility index (Phi) is 3.09. The van der Waals surface area contributed by atoms with E-state index in [1.807, 2.05) is 6.07 Å². The first-order chi connectivity index (χ1) is 8.93. The SMILES string of the molecule is c1ccc(CNC2=NCCc3ccccc32)cc1. The van der Waals surface area contributed by atoms with Crippen molar-refractivity contribution in [2.75, 3.05) is 6.54 Å². The molecule has 0 atom stereocenters. The maximum Gasteiger partial charge on any atom is 0.128 e. The molecule has 2 aromatic carbocycles. The minimum Gasteiger partial charge on any atom is -0.366 e. The molecular formula is C16H16N2. The van der Waals surface area contributed by atoms with Gasteiger partial charge in [-0.2, -0.15) is 0 Å². The highest BCUT2D eigenvalue weighted by atomic mass is 15.0. The van der Waals surface area contributed by atoms with E-state index in [2.05, 4.69) is 58.8 Å². The summed E-state index contributed by atoms with van der Waals surface area (Å²) in [6.07, 6.45) is 1.05. The van der Waals surface area contributed by atoms with Gasteiger partial charge in [0.1, 0.15) is 5.84 Å². The number of hydrogen-bond acceptors (Lipinski definition) is 2. The molecule has 0 saturated carbocycles. The maximum absolute atomic E-state index is 4.59. The smallest absolute Gasteiger partial charge is 0.128 e. The molecule has 2 nitrogen and oxygen atoms in total. The standard InChI is InChI=1S/C16H16N2/c1-2-6-13(7-3-1)12-18-16-15-9-5-4-8-14(15)10-11-17-16/h1-9H,10-12H2,(H,17,18). The first kappa shape index (κ1) is 11.0. The zero-order chi connectivity index (χ0) is 12.2. The number of fused-ring (bicyclic) bond motifs is 1. The van der Waals surface area contributed by atoms with Crippen LogP contribution in [0.2, 0.25) is 0 Å². The molecule has 0 aromatic heterocycles. The summed E-state index contributed by atoms with van der Waals surface area (Å²) in [5, 5.41) is 3.44. The largest absolute Gasteiger partial charge is 0.366 e. The Balaban J connectivity index is 1.76. The third kappa shape index (κ3) is 2.28. The lowest BCUT2D eigenvalue weighted by atomic mass is 10.0. The van der Waals surface area contributed by atoms with Gasteiger partial charge in [-0.25, -0.2) is 0 Å². The van der Waals surface area contributed by atoms with Crippen molar-refractivity contribution in [1.82, 2.24) is 5.32 Å². The summed E-state index contributed by atoms with van der Waals surface area (Å²) in [6.45, 7) is 1.71. The van der Waals surface area contributed by atoms with E-state index in [9.17, 15) is 0 Å². The highest BCUT2D eigenvalue weighted by Crippen LogP contribution is 2.14. The van der Waals surface area contributed by atoms with Gasteiger partial charge < -0.3 is 5.32 Å². The van der Waals surface area contributed by atoms with Gasteiger partial charge >= 0.3 is 0 Å². The second-order valence-corrected chi connectivity index (χ2v) is 4.48. The summed E-state index contributed by atoms with van der Waals surface area (Å²) >= 11 is 0. The minimum absolute atomic E-state index is 0.827. The van der Waals surface area contributed by atoms with E-state index < -0.39 is 0 Å². The van der Waals surface area contributed by atoms with Gasteiger partial charge in [0.25, 0.3) is 0 Å². The van der Waals surface area contributed by atoms with Crippen molar-refractivity contribution in [3.8, 4) is 0 Å². The maximum atomic E-state index is 4.59. The van der Waals surface area contributed by atoms with Crippen LogP contribution in [0.15, 0.2) is 59.6 Å². The van der Waals surface area contributed by atoms with Gasteiger partial charge in [0.2, 0.25) is 0 Å². The number of aliphatic imine (C=N–C) groups is 1. The van der Waals surface area contributed by atoms with Gasteiger partial charge in [-0.3, -0.25) is 4.99 Å². The third-order valence-corrected chi connectivity index (χ3v) is 3.23. The molecule has 1 N–H and O–H groups in total. The predicted molar refractivity (Wildman–Crippen MR) is 74.8 cm³/mol. The van der Waals surface area contributed by atoms with E-state index in [1.165, 1.54) is 16.7 Å². The summed E-state index contributed by atoms with van der Waals surface area (Å²) in [7, 11) is 0. The van der Waals surface area contributed by atoms with Gasteiger partial charge in [-0.1, -0.05) is 54.6 Å². The van der Waals surface area contributed by atoms with Crippen molar-refractivity contribution in [3.63, 3.8) is 0 Å². The fourth-order valence-corrected chi connectivity index (χ4v) is 2.28. The van der Waals surface area contributed by atoms with Crippen molar-refractivity contribution in [1.29, 1.82) is 0 Å². The fraction of sp³-hybridized carbons (Fsp3) is 0.188. The number of benzene rings is 2. The first-order valence-electron chi connectivity index (χ1n) is 6.34. The van der Waals surface area contributed by atoms with Gasteiger partial charge in [0.05, 0.1) is 0 Å². The fourth-order valence-electron chi connectivity index (χ4n) is 2.28. The number of nitrogens with one attached hydrogen (secondary N) is 1. The molecule has 2 heteroatoms. The topological polar surface area (TPSA) is 24.4 Å². The molecule has 0 radical (unpaired) electrons. The minimum atomic E-state index is 0.827. The average molecular weight is 236 g/mol. The van der Waals surface area contributed by atoms with E-state index in [-0.39, 0.29) is 0 Å². The summed E-state index contributed by atoms with van der Waals surface area (Å²) in [6, 6.07) is 18.9. The van der Waals surface area contributed by atoms with Gasteiger partial charge in [0, 0.05) is 18.7 Å². The number of amidine groups is 1. The highest BCUT2D eigenvalue weighted by Gasteiger charge is 2.12. The molecule has 0 amide bonds. The van der Waals surface area contributed by atoms with E-state index >= 15 is 0 Å². The molecule has 1 aliphatic rings. The van der Waals surface area contributed by atoms with Crippen LogP contribution >= 0.6 is 0 Å². The van der Waals surface area contributed by atoms with Crippen LogP contribution in [0, 0.1) is 0 Å².